The first kappa shape index (κ1) is 18.3. The summed E-state index contributed by atoms with van der Waals surface area (Å²) in [5.74, 6) is -0.289. The van der Waals surface area contributed by atoms with Crippen molar-refractivity contribution in [3.63, 3.8) is 0 Å². The third kappa shape index (κ3) is 3.55. The fourth-order valence-electron chi connectivity index (χ4n) is 2.12. The van der Waals surface area contributed by atoms with E-state index in [0.29, 0.717) is 5.69 Å². The van der Waals surface area contributed by atoms with Crippen molar-refractivity contribution in [1.29, 1.82) is 0 Å². The van der Waals surface area contributed by atoms with Crippen LogP contribution >= 0.6 is 11.6 Å². The number of nitrogens with zero attached hydrogens (tertiary/aromatic N) is 2. The summed E-state index contributed by atoms with van der Waals surface area (Å²) < 4.78 is 26.6. The van der Waals surface area contributed by atoms with Gasteiger partial charge >= 0.3 is 0 Å². The maximum Gasteiger partial charge on any atom is 0.264 e. The van der Waals surface area contributed by atoms with Crippen LogP contribution in [0, 0.1) is 6.92 Å². The topological polar surface area (TPSA) is 57.7 Å². The second-order valence-corrected chi connectivity index (χ2v) is 8.03. The highest BCUT2D eigenvalue weighted by Crippen LogP contribution is 2.27. The highest BCUT2D eigenvalue weighted by molar-refractivity contribution is 7.92. The molecule has 0 spiro atoms. The van der Waals surface area contributed by atoms with Gasteiger partial charge in [-0.15, -0.1) is 0 Å². The number of sulfonamides is 1. The van der Waals surface area contributed by atoms with E-state index in [1.54, 1.807) is 44.4 Å². The molecular weight excluding hydrogens is 348 g/mol. The van der Waals surface area contributed by atoms with Crippen molar-refractivity contribution in [1.82, 2.24) is 4.90 Å². The molecule has 0 N–H and O–H groups in total. The Hall–Kier alpha value is -2.05. The van der Waals surface area contributed by atoms with E-state index < -0.39 is 10.0 Å². The minimum absolute atomic E-state index is 0.186. The second-order valence-electron chi connectivity index (χ2n) is 5.65. The van der Waals surface area contributed by atoms with Crippen molar-refractivity contribution in [3.05, 3.63) is 58.6 Å². The van der Waals surface area contributed by atoms with Crippen LogP contribution in [0.15, 0.2) is 47.4 Å². The van der Waals surface area contributed by atoms with Crippen LogP contribution in [0.1, 0.15) is 15.9 Å². The molecule has 7 heteroatoms. The average molecular weight is 367 g/mol. The predicted octanol–water partition coefficient (Wildman–Crippen LogP) is 3.18. The van der Waals surface area contributed by atoms with Crippen LogP contribution in [0.5, 0.6) is 0 Å². The molecule has 0 heterocycles. The lowest BCUT2D eigenvalue weighted by Crippen LogP contribution is -2.27. The first-order valence-electron chi connectivity index (χ1n) is 7.21. The van der Waals surface area contributed by atoms with Gasteiger partial charge in [0.1, 0.15) is 0 Å². The van der Waals surface area contributed by atoms with Gasteiger partial charge in [-0.3, -0.25) is 9.10 Å². The molecule has 128 valence electrons. The monoisotopic (exact) mass is 366 g/mol. The van der Waals surface area contributed by atoms with Gasteiger partial charge in [0, 0.05) is 21.1 Å². The zero-order valence-electron chi connectivity index (χ0n) is 13.9. The first-order valence-corrected chi connectivity index (χ1v) is 9.03. The lowest BCUT2D eigenvalue weighted by atomic mass is 10.2. The van der Waals surface area contributed by atoms with Crippen molar-refractivity contribution in [2.45, 2.75) is 11.8 Å². The van der Waals surface area contributed by atoms with Crippen molar-refractivity contribution in [2.24, 2.45) is 0 Å². The summed E-state index contributed by atoms with van der Waals surface area (Å²) in [6.07, 6.45) is 0. The Morgan fingerprint density at radius 2 is 1.58 bits per heavy atom. The molecule has 5 nitrogen and oxygen atoms in total. The number of amides is 1. The van der Waals surface area contributed by atoms with Crippen molar-refractivity contribution in [3.8, 4) is 0 Å². The minimum Gasteiger partial charge on any atom is -0.345 e. The summed E-state index contributed by atoms with van der Waals surface area (Å²) in [4.78, 5) is 13.7. The second kappa shape index (κ2) is 6.83. The average Bonchev–Trinajstić information content (AvgIpc) is 2.54. The van der Waals surface area contributed by atoms with Crippen LogP contribution in [0.25, 0.3) is 0 Å². The summed E-state index contributed by atoms with van der Waals surface area (Å²) in [5.41, 5.74) is 1.59. The first-order chi connectivity index (χ1) is 11.1. The fraction of sp³-hybridized carbons (Fsp3) is 0.235. The van der Waals surface area contributed by atoms with Crippen molar-refractivity contribution >= 4 is 33.2 Å². The van der Waals surface area contributed by atoms with Gasteiger partial charge in [0.15, 0.2) is 0 Å². The molecule has 24 heavy (non-hydrogen) atoms. The number of anilines is 1. The molecule has 2 aromatic rings. The summed E-state index contributed by atoms with van der Waals surface area (Å²) in [6, 6.07) is 11.2. The molecule has 1 amide bonds. The Balaban J connectivity index is 2.46. The van der Waals surface area contributed by atoms with Crippen LogP contribution < -0.4 is 4.31 Å². The van der Waals surface area contributed by atoms with Gasteiger partial charge in [0.25, 0.3) is 15.9 Å². The van der Waals surface area contributed by atoms with Gasteiger partial charge in [-0.1, -0.05) is 29.3 Å². The SMILES string of the molecule is Cc1ccc(S(=O)(=O)N(C)c2ccc(Cl)c(C(=O)N(C)C)c2)cc1. The largest absolute Gasteiger partial charge is 0.345 e. The highest BCUT2D eigenvalue weighted by atomic mass is 35.5. The molecule has 2 aromatic carbocycles. The van der Waals surface area contributed by atoms with Gasteiger partial charge in [0.05, 0.1) is 21.2 Å². The van der Waals surface area contributed by atoms with E-state index in [-0.39, 0.29) is 21.4 Å². The van der Waals surface area contributed by atoms with Gasteiger partial charge < -0.3 is 4.90 Å². The zero-order chi connectivity index (χ0) is 18.1. The fourth-order valence-corrected chi connectivity index (χ4v) is 3.51. The number of aryl methyl sites for hydroxylation is 1. The van der Waals surface area contributed by atoms with E-state index in [9.17, 15) is 13.2 Å². The van der Waals surface area contributed by atoms with E-state index in [2.05, 4.69) is 0 Å². The summed E-state index contributed by atoms with van der Waals surface area (Å²) >= 11 is 6.07. The smallest absolute Gasteiger partial charge is 0.264 e. The Morgan fingerprint density at radius 1 is 1.00 bits per heavy atom. The summed E-state index contributed by atoms with van der Waals surface area (Å²) in [7, 11) is 0.946. The number of rotatable bonds is 4. The van der Waals surface area contributed by atoms with Crippen LogP contribution in [0.3, 0.4) is 0 Å². The van der Waals surface area contributed by atoms with E-state index >= 15 is 0 Å². The lowest BCUT2D eigenvalue weighted by molar-refractivity contribution is 0.0828. The molecule has 0 fully saturated rings. The van der Waals surface area contributed by atoms with Crippen LogP contribution in [0.2, 0.25) is 5.02 Å². The lowest BCUT2D eigenvalue weighted by Gasteiger charge is -2.21. The van der Waals surface area contributed by atoms with E-state index in [1.807, 2.05) is 6.92 Å². The molecule has 0 atom stereocenters. The molecule has 0 aromatic heterocycles. The van der Waals surface area contributed by atoms with Gasteiger partial charge in [-0.25, -0.2) is 8.42 Å². The van der Waals surface area contributed by atoms with E-state index in [4.69, 9.17) is 11.6 Å². The van der Waals surface area contributed by atoms with E-state index in [0.717, 1.165) is 9.87 Å². The van der Waals surface area contributed by atoms with Crippen LogP contribution in [-0.4, -0.2) is 40.4 Å². The van der Waals surface area contributed by atoms with Gasteiger partial charge in [-0.2, -0.15) is 0 Å². The van der Waals surface area contributed by atoms with Crippen LogP contribution in [-0.2, 0) is 10.0 Å². The number of hydrogen-bond acceptors (Lipinski definition) is 3. The molecule has 0 radical (unpaired) electrons. The van der Waals surface area contributed by atoms with Crippen LogP contribution in [0.4, 0.5) is 5.69 Å². The Kier molecular flexibility index (Phi) is 5.20. The normalized spacial score (nSPS) is 11.2. The molecule has 0 aliphatic heterocycles. The standard InChI is InChI=1S/C17H19ClN2O3S/c1-12-5-8-14(9-6-12)24(22,23)20(4)13-7-10-16(18)15(11-13)17(21)19(2)3/h5-11H,1-4H3. The predicted molar refractivity (Wildman–Crippen MR) is 96.2 cm³/mol. The Morgan fingerprint density at radius 3 is 2.12 bits per heavy atom. The number of hydrogen-bond donors (Lipinski definition) is 0. The molecule has 0 bridgehead atoms. The Bertz CT molecular complexity index is 862. The molecular formula is C17H19ClN2O3S. The zero-order valence-corrected chi connectivity index (χ0v) is 15.5. The maximum atomic E-state index is 12.7. The van der Waals surface area contributed by atoms with E-state index in [1.165, 1.54) is 24.1 Å². The summed E-state index contributed by atoms with van der Waals surface area (Å²) in [5, 5.41) is 0.276. The quantitative estimate of drug-likeness (QED) is 0.835. The molecule has 0 saturated heterocycles. The third-order valence-electron chi connectivity index (χ3n) is 3.63. The molecule has 2 rings (SSSR count). The van der Waals surface area contributed by atoms with Gasteiger partial charge in [-0.05, 0) is 37.3 Å². The van der Waals surface area contributed by atoms with Crippen molar-refractivity contribution in [2.75, 3.05) is 25.4 Å². The molecule has 0 saturated carbocycles. The number of carbonyl (C=O) groups excluding carboxylic acids is 1. The number of halogens is 1. The highest BCUT2D eigenvalue weighted by Gasteiger charge is 2.23. The molecule has 0 aliphatic carbocycles. The number of benzene rings is 2. The third-order valence-corrected chi connectivity index (χ3v) is 5.76. The number of carbonyl (C=O) groups is 1. The Labute approximate surface area is 147 Å². The van der Waals surface area contributed by atoms with Gasteiger partial charge in [0.2, 0.25) is 0 Å². The van der Waals surface area contributed by atoms with Crippen molar-refractivity contribution < 1.29 is 13.2 Å². The summed E-state index contributed by atoms with van der Waals surface area (Å²) in [6.45, 7) is 1.89. The maximum absolute atomic E-state index is 12.7. The molecule has 0 aliphatic rings. The molecule has 0 unspecified atom stereocenters. The minimum atomic E-state index is -3.72.